The molecule has 1 saturated heterocycles. The summed E-state index contributed by atoms with van der Waals surface area (Å²) in [4.78, 5) is 2.37. The minimum absolute atomic E-state index is 0.242. The lowest BCUT2D eigenvalue weighted by molar-refractivity contribution is 0.375. The molecular weight excluding hydrogens is 288 g/mol. The zero-order valence-electron chi connectivity index (χ0n) is 11.3. The minimum Gasteiger partial charge on any atom is -0.370 e. The standard InChI is InChI=1S/C16H19ClN2S/c17-14-2-1-3-16(8-14)19-9-13(7-15(18)10-19)6-12-4-5-20-11-12/h1-5,8,11,13,15H,6-7,9-10,18H2. The molecule has 20 heavy (non-hydrogen) atoms. The molecule has 1 aliphatic rings. The van der Waals surface area contributed by atoms with Crippen LogP contribution in [0, 0.1) is 5.92 Å². The van der Waals surface area contributed by atoms with Crippen LogP contribution >= 0.6 is 22.9 Å². The number of hydrogen-bond donors (Lipinski definition) is 1. The van der Waals surface area contributed by atoms with Gasteiger partial charge in [-0.25, -0.2) is 0 Å². The van der Waals surface area contributed by atoms with Crippen LogP contribution in [0.1, 0.15) is 12.0 Å². The van der Waals surface area contributed by atoms with E-state index in [0.717, 1.165) is 31.0 Å². The fourth-order valence-electron chi connectivity index (χ4n) is 3.02. The van der Waals surface area contributed by atoms with Crippen LogP contribution in [-0.4, -0.2) is 19.1 Å². The maximum atomic E-state index is 6.25. The van der Waals surface area contributed by atoms with Gasteiger partial charge in [-0.1, -0.05) is 17.7 Å². The Morgan fingerprint density at radius 3 is 2.95 bits per heavy atom. The van der Waals surface area contributed by atoms with Gasteiger partial charge in [-0.2, -0.15) is 11.3 Å². The number of anilines is 1. The molecule has 0 bridgehead atoms. The first-order chi connectivity index (χ1) is 9.70. The quantitative estimate of drug-likeness (QED) is 0.934. The summed E-state index contributed by atoms with van der Waals surface area (Å²) < 4.78 is 0. The highest BCUT2D eigenvalue weighted by molar-refractivity contribution is 7.07. The molecule has 0 saturated carbocycles. The molecule has 2 atom stereocenters. The summed E-state index contributed by atoms with van der Waals surface area (Å²) in [6.45, 7) is 1.98. The third-order valence-corrected chi connectivity index (χ3v) is 4.81. The first-order valence-corrected chi connectivity index (χ1v) is 8.30. The van der Waals surface area contributed by atoms with Gasteiger partial charge >= 0.3 is 0 Å². The van der Waals surface area contributed by atoms with Crippen molar-refractivity contribution in [3.63, 3.8) is 0 Å². The van der Waals surface area contributed by atoms with E-state index in [1.165, 1.54) is 11.3 Å². The van der Waals surface area contributed by atoms with Crippen LogP contribution in [0.4, 0.5) is 5.69 Å². The number of thiophene rings is 1. The Kier molecular flexibility index (Phi) is 4.29. The number of hydrogen-bond acceptors (Lipinski definition) is 3. The number of nitrogens with zero attached hydrogens (tertiary/aromatic N) is 1. The van der Waals surface area contributed by atoms with Crippen LogP contribution in [0.25, 0.3) is 0 Å². The van der Waals surface area contributed by atoms with E-state index in [4.69, 9.17) is 17.3 Å². The van der Waals surface area contributed by atoms with E-state index in [0.29, 0.717) is 5.92 Å². The van der Waals surface area contributed by atoms with Crippen LogP contribution in [0.5, 0.6) is 0 Å². The number of rotatable bonds is 3. The topological polar surface area (TPSA) is 29.3 Å². The Bertz CT molecular complexity index is 555. The summed E-state index contributed by atoms with van der Waals surface area (Å²) >= 11 is 7.86. The van der Waals surface area contributed by atoms with E-state index in [9.17, 15) is 0 Å². The van der Waals surface area contributed by atoms with E-state index in [2.05, 4.69) is 27.8 Å². The predicted molar refractivity (Wildman–Crippen MR) is 87.8 cm³/mol. The molecule has 0 amide bonds. The largest absolute Gasteiger partial charge is 0.370 e. The summed E-state index contributed by atoms with van der Waals surface area (Å²) in [5, 5.41) is 5.17. The molecule has 2 unspecified atom stereocenters. The van der Waals surface area contributed by atoms with Crippen molar-refractivity contribution >= 4 is 28.6 Å². The van der Waals surface area contributed by atoms with Gasteiger partial charge in [-0.05, 0) is 59.3 Å². The number of nitrogens with two attached hydrogens (primary N) is 1. The summed E-state index contributed by atoms with van der Waals surface area (Å²) in [7, 11) is 0. The molecule has 0 aliphatic carbocycles. The minimum atomic E-state index is 0.242. The summed E-state index contributed by atoms with van der Waals surface area (Å²) in [6.07, 6.45) is 2.22. The van der Waals surface area contributed by atoms with E-state index in [-0.39, 0.29) is 6.04 Å². The highest BCUT2D eigenvalue weighted by Crippen LogP contribution is 2.27. The first-order valence-electron chi connectivity index (χ1n) is 6.98. The molecule has 0 spiro atoms. The van der Waals surface area contributed by atoms with Gasteiger partial charge in [0, 0.05) is 29.8 Å². The number of piperidine rings is 1. The van der Waals surface area contributed by atoms with Gasteiger partial charge < -0.3 is 10.6 Å². The Hall–Kier alpha value is -1.03. The third-order valence-electron chi connectivity index (χ3n) is 3.85. The molecule has 2 heterocycles. The Balaban J connectivity index is 1.72. The lowest BCUT2D eigenvalue weighted by atomic mass is 9.89. The molecule has 2 N–H and O–H groups in total. The summed E-state index contributed by atoms with van der Waals surface area (Å²) in [5.41, 5.74) is 8.86. The molecule has 1 aromatic carbocycles. The van der Waals surface area contributed by atoms with Gasteiger partial charge in [-0.3, -0.25) is 0 Å². The zero-order chi connectivity index (χ0) is 13.9. The van der Waals surface area contributed by atoms with Crippen molar-refractivity contribution in [2.75, 3.05) is 18.0 Å². The molecule has 1 aliphatic heterocycles. The average molecular weight is 307 g/mol. The second-order valence-corrected chi connectivity index (χ2v) is 6.80. The molecule has 2 aromatic rings. The Morgan fingerprint density at radius 2 is 2.20 bits per heavy atom. The molecule has 0 radical (unpaired) electrons. The van der Waals surface area contributed by atoms with Crippen molar-refractivity contribution < 1.29 is 0 Å². The van der Waals surface area contributed by atoms with Crippen molar-refractivity contribution in [2.24, 2.45) is 11.7 Å². The zero-order valence-corrected chi connectivity index (χ0v) is 12.9. The third kappa shape index (κ3) is 3.35. The van der Waals surface area contributed by atoms with Crippen LogP contribution in [-0.2, 0) is 6.42 Å². The summed E-state index contributed by atoms with van der Waals surface area (Å²) in [6, 6.07) is 10.5. The maximum Gasteiger partial charge on any atom is 0.0426 e. The van der Waals surface area contributed by atoms with Crippen molar-refractivity contribution in [1.82, 2.24) is 0 Å². The van der Waals surface area contributed by atoms with E-state index >= 15 is 0 Å². The van der Waals surface area contributed by atoms with Gasteiger partial charge in [0.15, 0.2) is 0 Å². The van der Waals surface area contributed by atoms with Gasteiger partial charge in [0.2, 0.25) is 0 Å². The SMILES string of the molecule is NC1CC(Cc2ccsc2)CN(c2cccc(Cl)c2)C1. The smallest absolute Gasteiger partial charge is 0.0426 e. The molecule has 106 valence electrons. The number of halogens is 1. The van der Waals surface area contributed by atoms with Crippen molar-refractivity contribution in [3.8, 4) is 0 Å². The van der Waals surface area contributed by atoms with Crippen molar-refractivity contribution in [1.29, 1.82) is 0 Å². The van der Waals surface area contributed by atoms with Crippen LogP contribution in [0.3, 0.4) is 0 Å². The van der Waals surface area contributed by atoms with Crippen LogP contribution < -0.4 is 10.6 Å². The van der Waals surface area contributed by atoms with Crippen LogP contribution in [0.2, 0.25) is 5.02 Å². The fourth-order valence-corrected chi connectivity index (χ4v) is 3.89. The lowest BCUT2D eigenvalue weighted by Crippen LogP contribution is -2.47. The van der Waals surface area contributed by atoms with Crippen LogP contribution in [0.15, 0.2) is 41.1 Å². The second-order valence-electron chi connectivity index (χ2n) is 5.58. The highest BCUT2D eigenvalue weighted by Gasteiger charge is 2.25. The Labute approximate surface area is 129 Å². The van der Waals surface area contributed by atoms with Gasteiger partial charge in [0.1, 0.15) is 0 Å². The monoisotopic (exact) mass is 306 g/mol. The second kappa shape index (κ2) is 6.17. The van der Waals surface area contributed by atoms with Gasteiger partial charge in [-0.15, -0.1) is 0 Å². The predicted octanol–water partition coefficient (Wildman–Crippen LogP) is 3.80. The van der Waals surface area contributed by atoms with Crippen molar-refractivity contribution in [3.05, 3.63) is 51.7 Å². The van der Waals surface area contributed by atoms with E-state index < -0.39 is 0 Å². The highest BCUT2D eigenvalue weighted by atomic mass is 35.5. The van der Waals surface area contributed by atoms with Gasteiger partial charge in [0.25, 0.3) is 0 Å². The molecule has 1 fully saturated rings. The van der Waals surface area contributed by atoms with Gasteiger partial charge in [0.05, 0.1) is 0 Å². The first kappa shape index (κ1) is 13.9. The molecular formula is C16H19ClN2S. The van der Waals surface area contributed by atoms with Crippen molar-refractivity contribution in [2.45, 2.75) is 18.9 Å². The molecule has 1 aromatic heterocycles. The normalized spacial score (nSPS) is 23.0. The Morgan fingerprint density at radius 1 is 1.30 bits per heavy atom. The molecule has 4 heteroatoms. The lowest BCUT2D eigenvalue weighted by Gasteiger charge is -2.38. The average Bonchev–Trinajstić information content (AvgIpc) is 2.91. The maximum absolute atomic E-state index is 6.25. The fraction of sp³-hybridized carbons (Fsp3) is 0.375. The summed E-state index contributed by atoms with van der Waals surface area (Å²) in [5.74, 6) is 0.618. The van der Waals surface area contributed by atoms with E-state index in [1.54, 1.807) is 11.3 Å². The number of benzene rings is 1. The molecule has 3 rings (SSSR count). The molecule has 2 nitrogen and oxygen atoms in total. The van der Waals surface area contributed by atoms with E-state index in [1.807, 2.05) is 18.2 Å².